The third kappa shape index (κ3) is 3.06. The fourth-order valence-corrected chi connectivity index (χ4v) is 3.29. The zero-order valence-electron chi connectivity index (χ0n) is 12.3. The van der Waals surface area contributed by atoms with Gasteiger partial charge in [0.25, 0.3) is 0 Å². The Morgan fingerprint density at radius 2 is 2.05 bits per heavy atom. The molecule has 0 aromatic heterocycles. The van der Waals surface area contributed by atoms with E-state index in [4.69, 9.17) is 0 Å². The molecule has 1 aromatic rings. The molecule has 1 aromatic carbocycles. The summed E-state index contributed by atoms with van der Waals surface area (Å²) in [6.45, 7) is 3.48. The maximum absolute atomic E-state index is 14.5. The van der Waals surface area contributed by atoms with Crippen molar-refractivity contribution >= 4 is 24.0 Å². The van der Waals surface area contributed by atoms with E-state index >= 15 is 0 Å². The topological polar surface area (TPSA) is 41.1 Å². The standard InChI is InChI=1S/C16H21FN2O.ClH/c1-16(7-2-3-8-16)15(20)19-13-5-4-11-10-18-9-6-12(11)14(13)17;/h4-5,18H,2-3,6-10H2,1H3,(H,19,20);1H. The third-order valence-corrected chi connectivity index (χ3v) is 4.71. The van der Waals surface area contributed by atoms with Crippen LogP contribution in [-0.4, -0.2) is 12.5 Å². The number of nitrogens with one attached hydrogen (secondary N) is 2. The maximum atomic E-state index is 14.5. The molecule has 0 spiro atoms. The third-order valence-electron chi connectivity index (χ3n) is 4.71. The van der Waals surface area contributed by atoms with Gasteiger partial charge >= 0.3 is 0 Å². The van der Waals surface area contributed by atoms with Gasteiger partial charge < -0.3 is 10.6 Å². The maximum Gasteiger partial charge on any atom is 0.230 e. The van der Waals surface area contributed by atoms with E-state index in [0.29, 0.717) is 18.7 Å². The quantitative estimate of drug-likeness (QED) is 0.878. The van der Waals surface area contributed by atoms with Crippen molar-refractivity contribution in [2.24, 2.45) is 5.41 Å². The van der Waals surface area contributed by atoms with Crippen LogP contribution in [-0.2, 0) is 17.8 Å². The van der Waals surface area contributed by atoms with Gasteiger partial charge in [-0.15, -0.1) is 12.4 Å². The molecule has 1 heterocycles. The van der Waals surface area contributed by atoms with Gasteiger partial charge in [-0.2, -0.15) is 0 Å². The van der Waals surface area contributed by atoms with Crippen LogP contribution >= 0.6 is 12.4 Å². The van der Waals surface area contributed by atoms with E-state index in [1.54, 1.807) is 6.07 Å². The summed E-state index contributed by atoms with van der Waals surface area (Å²) in [6, 6.07) is 3.61. The molecule has 0 unspecified atom stereocenters. The number of anilines is 1. The molecule has 0 atom stereocenters. The molecule has 0 bridgehead atoms. The summed E-state index contributed by atoms with van der Waals surface area (Å²) >= 11 is 0. The Morgan fingerprint density at radius 3 is 2.76 bits per heavy atom. The van der Waals surface area contributed by atoms with E-state index in [1.807, 2.05) is 13.0 Å². The van der Waals surface area contributed by atoms with Crippen LogP contribution < -0.4 is 10.6 Å². The van der Waals surface area contributed by atoms with Crippen LogP contribution in [0.2, 0.25) is 0 Å². The molecule has 1 fully saturated rings. The van der Waals surface area contributed by atoms with Crippen molar-refractivity contribution in [3.8, 4) is 0 Å². The average molecular weight is 313 g/mol. The van der Waals surface area contributed by atoms with Crippen LogP contribution in [0.3, 0.4) is 0 Å². The van der Waals surface area contributed by atoms with Crippen LogP contribution in [0, 0.1) is 11.2 Å². The molecule has 3 rings (SSSR count). The van der Waals surface area contributed by atoms with Crippen LogP contribution in [0.15, 0.2) is 12.1 Å². The van der Waals surface area contributed by atoms with Crippen molar-refractivity contribution in [1.82, 2.24) is 5.32 Å². The zero-order chi connectivity index (χ0) is 14.2. The summed E-state index contributed by atoms with van der Waals surface area (Å²) in [5, 5.41) is 6.03. The molecular weight excluding hydrogens is 291 g/mol. The van der Waals surface area contributed by atoms with Crippen LogP contribution in [0.4, 0.5) is 10.1 Å². The minimum Gasteiger partial charge on any atom is -0.323 e. The lowest BCUT2D eigenvalue weighted by Crippen LogP contribution is -2.31. The monoisotopic (exact) mass is 312 g/mol. The number of benzene rings is 1. The predicted molar refractivity (Wildman–Crippen MR) is 84.3 cm³/mol. The molecule has 1 aliphatic carbocycles. The first-order chi connectivity index (χ1) is 9.60. The van der Waals surface area contributed by atoms with Gasteiger partial charge in [-0.05, 0) is 43.0 Å². The summed E-state index contributed by atoms with van der Waals surface area (Å²) in [6.07, 6.45) is 4.65. The molecule has 5 heteroatoms. The van der Waals surface area contributed by atoms with Gasteiger partial charge in [-0.25, -0.2) is 4.39 Å². The van der Waals surface area contributed by atoms with Gasteiger partial charge in [0.2, 0.25) is 5.91 Å². The highest BCUT2D eigenvalue weighted by Crippen LogP contribution is 2.38. The fourth-order valence-electron chi connectivity index (χ4n) is 3.29. The van der Waals surface area contributed by atoms with Gasteiger partial charge in [-0.3, -0.25) is 4.79 Å². The summed E-state index contributed by atoms with van der Waals surface area (Å²) in [5.74, 6) is -0.290. The number of fused-ring (bicyclic) bond motifs is 1. The molecule has 1 saturated carbocycles. The summed E-state index contributed by atoms with van der Waals surface area (Å²) in [4.78, 5) is 12.4. The molecular formula is C16H22ClFN2O. The predicted octanol–water partition coefficient (Wildman–Crippen LogP) is 3.41. The van der Waals surface area contributed by atoms with Gasteiger partial charge in [0.1, 0.15) is 5.82 Å². The molecule has 116 valence electrons. The summed E-state index contributed by atoms with van der Waals surface area (Å²) < 4.78 is 14.5. The van der Waals surface area contributed by atoms with Crippen molar-refractivity contribution in [2.75, 3.05) is 11.9 Å². The highest BCUT2D eigenvalue weighted by Gasteiger charge is 2.36. The SMILES string of the molecule is CC1(C(=O)Nc2ccc3c(c2F)CCNC3)CCCC1.Cl. The fraction of sp³-hybridized carbons (Fsp3) is 0.562. The molecule has 0 saturated heterocycles. The van der Waals surface area contributed by atoms with Crippen molar-refractivity contribution in [1.29, 1.82) is 0 Å². The number of hydrogen-bond acceptors (Lipinski definition) is 2. The van der Waals surface area contributed by atoms with Gasteiger partial charge in [0, 0.05) is 12.0 Å². The van der Waals surface area contributed by atoms with Gasteiger partial charge in [-0.1, -0.05) is 25.8 Å². The molecule has 0 radical (unpaired) electrons. The number of carbonyl (C=O) groups excluding carboxylic acids is 1. The second kappa shape index (κ2) is 6.32. The van der Waals surface area contributed by atoms with Crippen LogP contribution in [0.1, 0.15) is 43.7 Å². The largest absolute Gasteiger partial charge is 0.323 e. The summed E-state index contributed by atoms with van der Waals surface area (Å²) in [7, 11) is 0. The molecule has 21 heavy (non-hydrogen) atoms. The Balaban J connectivity index is 0.00000161. The van der Waals surface area contributed by atoms with Crippen LogP contribution in [0.25, 0.3) is 0 Å². The molecule has 1 aliphatic heterocycles. The van der Waals surface area contributed by atoms with E-state index in [0.717, 1.165) is 43.4 Å². The van der Waals surface area contributed by atoms with E-state index in [-0.39, 0.29) is 29.5 Å². The van der Waals surface area contributed by atoms with Crippen LogP contribution in [0.5, 0.6) is 0 Å². The molecule has 2 aliphatic rings. The lowest BCUT2D eigenvalue weighted by molar-refractivity contribution is -0.124. The van der Waals surface area contributed by atoms with E-state index < -0.39 is 0 Å². The van der Waals surface area contributed by atoms with E-state index in [1.165, 1.54) is 0 Å². The van der Waals surface area contributed by atoms with E-state index in [9.17, 15) is 9.18 Å². The van der Waals surface area contributed by atoms with Crippen molar-refractivity contribution in [3.63, 3.8) is 0 Å². The number of rotatable bonds is 2. The highest BCUT2D eigenvalue weighted by atomic mass is 35.5. The zero-order valence-corrected chi connectivity index (χ0v) is 13.1. The molecule has 1 amide bonds. The first-order valence-corrected chi connectivity index (χ1v) is 7.43. The van der Waals surface area contributed by atoms with Gasteiger partial charge in [0.15, 0.2) is 0 Å². The van der Waals surface area contributed by atoms with E-state index in [2.05, 4.69) is 10.6 Å². The Morgan fingerprint density at radius 1 is 1.33 bits per heavy atom. The van der Waals surface area contributed by atoms with Crippen molar-refractivity contribution in [2.45, 2.75) is 45.6 Å². The first kappa shape index (κ1) is 16.2. The minimum absolute atomic E-state index is 0. The average Bonchev–Trinajstić information content (AvgIpc) is 2.90. The lowest BCUT2D eigenvalue weighted by atomic mass is 9.87. The Bertz CT molecular complexity index is 541. The number of halogens is 2. The Hall–Kier alpha value is -1.13. The first-order valence-electron chi connectivity index (χ1n) is 7.43. The lowest BCUT2D eigenvalue weighted by Gasteiger charge is -2.24. The number of amides is 1. The highest BCUT2D eigenvalue weighted by molar-refractivity contribution is 5.95. The Kier molecular flexibility index (Phi) is 4.89. The molecule has 2 N–H and O–H groups in total. The second-order valence-corrected chi connectivity index (χ2v) is 6.21. The van der Waals surface area contributed by atoms with Crippen molar-refractivity contribution < 1.29 is 9.18 Å². The number of carbonyl (C=O) groups is 1. The number of hydrogen-bond donors (Lipinski definition) is 2. The Labute approximate surface area is 131 Å². The second-order valence-electron chi connectivity index (χ2n) is 6.21. The van der Waals surface area contributed by atoms with Gasteiger partial charge in [0.05, 0.1) is 5.69 Å². The van der Waals surface area contributed by atoms with Crippen molar-refractivity contribution in [3.05, 3.63) is 29.1 Å². The molecule has 3 nitrogen and oxygen atoms in total. The smallest absolute Gasteiger partial charge is 0.230 e. The summed E-state index contributed by atoms with van der Waals surface area (Å²) in [5.41, 5.74) is 1.75. The minimum atomic E-state index is -0.329. The normalized spacial score (nSPS) is 19.5.